The first-order chi connectivity index (χ1) is 3.13. The fraction of sp³-hybridized carbons (Fsp3) is 0. The van der Waals surface area contributed by atoms with E-state index in [9.17, 15) is 0 Å². The van der Waals surface area contributed by atoms with E-state index in [1.807, 2.05) is 0 Å². The molecule has 0 aromatic heterocycles. The van der Waals surface area contributed by atoms with Gasteiger partial charge in [-0.15, -0.1) is 24.0 Å². The zero-order valence-corrected chi connectivity index (χ0v) is 7.14. The topological polar surface area (TPSA) is 90.4 Å². The first-order valence-electron chi connectivity index (χ1n) is 1.52. The minimum absolute atomic E-state index is 0. The van der Waals surface area contributed by atoms with Crippen LogP contribution in [0.25, 0.3) is 0 Å². The summed E-state index contributed by atoms with van der Waals surface area (Å²) in [5.74, 6) is -0.104. The van der Waals surface area contributed by atoms with E-state index in [-0.39, 0.29) is 35.0 Å². The van der Waals surface area contributed by atoms with Crippen LogP contribution in [-0.2, 0) is 0 Å². The van der Waals surface area contributed by atoms with Crippen LogP contribution < -0.4 is 17.2 Å². The third kappa shape index (κ3) is 9.31. The van der Waals surface area contributed by atoms with Crippen LogP contribution >= 0.6 is 36.2 Å². The maximum absolute atomic E-state index is 4.88. The Hall–Kier alpha value is -0.110. The molecule has 0 aliphatic rings. The van der Waals surface area contributed by atoms with Crippen LogP contribution in [0, 0.1) is 0 Å². The van der Waals surface area contributed by atoms with Gasteiger partial charge < -0.3 is 17.2 Å². The highest BCUT2D eigenvalue weighted by Gasteiger charge is 1.78. The van der Waals surface area contributed by atoms with Crippen LogP contribution in [0.5, 0.6) is 0 Å². The second-order valence-electron chi connectivity index (χ2n) is 0.875. The molecule has 0 aliphatic carbocycles. The molecule has 0 aliphatic heterocycles. The number of rotatable bonds is 0. The van der Waals surface area contributed by atoms with Gasteiger partial charge in [0.05, 0.1) is 0 Å². The number of thiocarbonyl (C=S) groups is 1. The van der Waals surface area contributed by atoms with Crippen molar-refractivity contribution in [2.75, 3.05) is 0 Å². The van der Waals surface area contributed by atoms with Gasteiger partial charge in [-0.2, -0.15) is 4.99 Å². The lowest BCUT2D eigenvalue weighted by Crippen LogP contribution is -2.25. The molecule has 0 radical (unpaired) electrons. The summed E-state index contributed by atoms with van der Waals surface area (Å²) in [4.78, 5) is 3.26. The maximum Gasteiger partial charge on any atom is 0.193 e. The van der Waals surface area contributed by atoms with Gasteiger partial charge in [0.25, 0.3) is 0 Å². The van der Waals surface area contributed by atoms with E-state index in [4.69, 9.17) is 17.2 Å². The van der Waals surface area contributed by atoms with Crippen LogP contribution in [-0.4, -0.2) is 11.1 Å². The summed E-state index contributed by atoms with van der Waals surface area (Å²) in [7, 11) is 0. The van der Waals surface area contributed by atoms with Crippen LogP contribution in [0.2, 0.25) is 0 Å². The minimum atomic E-state index is -0.104. The molecule has 0 spiro atoms. The Labute approximate surface area is 69.5 Å². The van der Waals surface area contributed by atoms with Crippen molar-refractivity contribution >= 4 is 47.3 Å². The lowest BCUT2D eigenvalue weighted by molar-refractivity contribution is 1.47. The predicted molar refractivity (Wildman–Crippen MR) is 48.0 cm³/mol. The smallest absolute Gasteiger partial charge is 0.193 e. The Morgan fingerprint density at radius 2 is 1.62 bits per heavy atom. The molecule has 0 aromatic carbocycles. The zero-order valence-electron chi connectivity index (χ0n) is 4.00. The highest BCUT2D eigenvalue weighted by atomic mass is 127. The molecule has 0 aromatic rings. The van der Waals surface area contributed by atoms with Crippen LogP contribution in [0.3, 0.4) is 0 Å². The number of hydrogen-bond donors (Lipinski definition) is 3. The lowest BCUT2D eigenvalue weighted by Gasteiger charge is -1.84. The second kappa shape index (κ2) is 5.04. The number of nitrogens with two attached hydrogens (primary N) is 3. The summed E-state index contributed by atoms with van der Waals surface area (Å²) >= 11 is 4.30. The van der Waals surface area contributed by atoms with E-state index in [0.717, 1.165) is 0 Å². The number of guanidine groups is 1. The number of hydrogen-bond acceptors (Lipinski definition) is 1. The molecule has 0 saturated heterocycles. The van der Waals surface area contributed by atoms with Gasteiger partial charge in [-0.25, -0.2) is 0 Å². The molecular formula is C2H7IN4S. The summed E-state index contributed by atoms with van der Waals surface area (Å²) in [6, 6.07) is 0. The predicted octanol–water partition coefficient (Wildman–Crippen LogP) is -0.879. The summed E-state index contributed by atoms with van der Waals surface area (Å²) in [6.07, 6.45) is 0. The van der Waals surface area contributed by atoms with Gasteiger partial charge in [-0.3, -0.25) is 0 Å². The van der Waals surface area contributed by atoms with E-state index in [1.165, 1.54) is 0 Å². The van der Waals surface area contributed by atoms with E-state index in [1.54, 1.807) is 0 Å². The standard InChI is InChI=1S/C2H6N4S.HI/c3-1(4)6-2(5)7;/h(H6,3,4,5,6,7);1H. The van der Waals surface area contributed by atoms with Gasteiger partial charge in [0.1, 0.15) is 0 Å². The molecule has 6 heteroatoms. The van der Waals surface area contributed by atoms with Gasteiger partial charge >= 0.3 is 0 Å². The number of halogens is 1. The molecule has 0 atom stereocenters. The molecule has 4 nitrogen and oxygen atoms in total. The van der Waals surface area contributed by atoms with Crippen molar-refractivity contribution in [1.29, 1.82) is 0 Å². The van der Waals surface area contributed by atoms with Gasteiger partial charge in [0.15, 0.2) is 11.1 Å². The summed E-state index contributed by atoms with van der Waals surface area (Å²) < 4.78 is 0. The lowest BCUT2D eigenvalue weighted by atomic mass is 11.0. The van der Waals surface area contributed by atoms with E-state index < -0.39 is 0 Å². The Morgan fingerprint density at radius 3 is 1.62 bits per heavy atom. The van der Waals surface area contributed by atoms with Gasteiger partial charge in [-0.1, -0.05) is 0 Å². The van der Waals surface area contributed by atoms with Crippen LogP contribution in [0.15, 0.2) is 4.99 Å². The first-order valence-corrected chi connectivity index (χ1v) is 1.93. The molecule has 6 N–H and O–H groups in total. The Bertz CT molecular complexity index is 107. The quantitative estimate of drug-likeness (QED) is 0.224. The third-order valence-corrected chi connectivity index (χ3v) is 0.331. The fourth-order valence-electron chi connectivity index (χ4n) is 0.127. The summed E-state index contributed by atoms with van der Waals surface area (Å²) in [5.41, 5.74) is 14.6. The average Bonchev–Trinajstić information content (AvgIpc) is 1.27. The van der Waals surface area contributed by atoms with Crippen LogP contribution in [0.4, 0.5) is 0 Å². The first kappa shape index (κ1) is 10.8. The fourth-order valence-corrected chi connectivity index (χ4v) is 0.233. The molecule has 0 amide bonds. The molecule has 0 heterocycles. The molecule has 0 fully saturated rings. The number of nitrogens with zero attached hydrogens (tertiary/aromatic N) is 1. The van der Waals surface area contributed by atoms with E-state index >= 15 is 0 Å². The Morgan fingerprint density at radius 1 is 1.25 bits per heavy atom. The van der Waals surface area contributed by atoms with Crippen molar-refractivity contribution in [1.82, 2.24) is 0 Å². The molecule has 0 rings (SSSR count). The molecular weight excluding hydrogens is 239 g/mol. The molecule has 0 saturated carbocycles. The molecule has 8 heavy (non-hydrogen) atoms. The van der Waals surface area contributed by atoms with Crippen molar-refractivity contribution in [2.24, 2.45) is 22.2 Å². The third-order valence-electron chi connectivity index (χ3n) is 0.239. The SMILES string of the molecule is I.NC(=S)N=C(N)N. The molecule has 0 bridgehead atoms. The van der Waals surface area contributed by atoms with Crippen molar-refractivity contribution in [3.05, 3.63) is 0 Å². The number of aliphatic imine (C=N–C) groups is 1. The monoisotopic (exact) mass is 246 g/mol. The summed E-state index contributed by atoms with van der Waals surface area (Å²) in [5, 5.41) is -0.0417. The second-order valence-corrected chi connectivity index (χ2v) is 1.29. The highest BCUT2D eigenvalue weighted by Crippen LogP contribution is 1.62. The van der Waals surface area contributed by atoms with Gasteiger partial charge in [0.2, 0.25) is 0 Å². The van der Waals surface area contributed by atoms with Crippen LogP contribution in [0.1, 0.15) is 0 Å². The van der Waals surface area contributed by atoms with Crippen molar-refractivity contribution in [3.63, 3.8) is 0 Å². The Kier molecular flexibility index (Phi) is 6.80. The van der Waals surface area contributed by atoms with Crippen molar-refractivity contribution < 1.29 is 0 Å². The molecule has 0 unspecified atom stereocenters. The van der Waals surface area contributed by atoms with Gasteiger partial charge in [-0.05, 0) is 12.2 Å². The normalized spacial score (nSPS) is 6.50. The van der Waals surface area contributed by atoms with E-state index in [0.29, 0.717) is 0 Å². The maximum atomic E-state index is 4.88. The summed E-state index contributed by atoms with van der Waals surface area (Å²) in [6.45, 7) is 0. The Balaban J connectivity index is 0. The van der Waals surface area contributed by atoms with Crippen molar-refractivity contribution in [3.8, 4) is 0 Å². The minimum Gasteiger partial charge on any atom is -0.374 e. The zero-order chi connectivity index (χ0) is 5.86. The molecule has 48 valence electrons. The van der Waals surface area contributed by atoms with Crippen molar-refractivity contribution in [2.45, 2.75) is 0 Å². The highest BCUT2D eigenvalue weighted by molar-refractivity contribution is 14.0. The largest absolute Gasteiger partial charge is 0.374 e. The van der Waals surface area contributed by atoms with E-state index in [2.05, 4.69) is 17.2 Å². The van der Waals surface area contributed by atoms with Gasteiger partial charge in [0, 0.05) is 0 Å². The average molecular weight is 246 g/mol.